The van der Waals surface area contributed by atoms with Crippen LogP contribution in [0.25, 0.3) is 0 Å². The second-order valence-corrected chi connectivity index (χ2v) is 6.02. The van der Waals surface area contributed by atoms with Gasteiger partial charge >= 0.3 is 5.97 Å². The topological polar surface area (TPSA) is 83.1 Å². The Hall–Kier alpha value is -3.22. The van der Waals surface area contributed by atoms with Crippen molar-refractivity contribution in [2.45, 2.75) is 18.9 Å². The molecule has 0 saturated heterocycles. The monoisotopic (exact) mass is 387 g/mol. The second-order valence-electron chi connectivity index (χ2n) is 6.02. The highest BCUT2D eigenvalue weighted by Crippen LogP contribution is 2.38. The fourth-order valence-corrected chi connectivity index (χ4v) is 2.86. The van der Waals surface area contributed by atoms with Gasteiger partial charge in [0, 0.05) is 0 Å². The highest BCUT2D eigenvalue weighted by molar-refractivity contribution is 5.80. The van der Waals surface area contributed by atoms with Gasteiger partial charge in [-0.3, -0.25) is 9.59 Å². The van der Waals surface area contributed by atoms with Crippen molar-refractivity contribution in [1.82, 2.24) is 5.32 Å². The number of benzene rings is 2. The van der Waals surface area contributed by atoms with Crippen LogP contribution < -0.4 is 19.5 Å². The number of nitrogens with one attached hydrogen (secondary N) is 1. The van der Waals surface area contributed by atoms with E-state index in [0.29, 0.717) is 22.8 Å². The van der Waals surface area contributed by atoms with Gasteiger partial charge in [0.15, 0.2) is 11.5 Å². The summed E-state index contributed by atoms with van der Waals surface area (Å²) in [4.78, 5) is 24.4. The lowest BCUT2D eigenvalue weighted by atomic mass is 10.0. The maximum Gasteiger partial charge on any atom is 0.307 e. The third kappa shape index (κ3) is 5.39. The Kier molecular flexibility index (Phi) is 7.68. The van der Waals surface area contributed by atoms with Crippen LogP contribution in [0.15, 0.2) is 42.5 Å². The molecule has 1 unspecified atom stereocenters. The summed E-state index contributed by atoms with van der Waals surface area (Å²) in [7, 11) is 5.87. The molecule has 0 bridgehead atoms. The van der Waals surface area contributed by atoms with Crippen molar-refractivity contribution in [3.05, 3.63) is 53.6 Å². The molecule has 0 fully saturated rings. The van der Waals surface area contributed by atoms with E-state index >= 15 is 0 Å². The number of methoxy groups -OCH3 is 4. The highest BCUT2D eigenvalue weighted by atomic mass is 16.5. The SMILES string of the molecule is COC(=O)CC(NC(=O)Cc1cc(OC)c(OC)c(OC)c1)c1ccccc1. The van der Waals surface area contributed by atoms with Crippen molar-refractivity contribution in [3.63, 3.8) is 0 Å². The summed E-state index contributed by atoms with van der Waals surface area (Å²) in [6.07, 6.45) is 0.128. The molecule has 0 saturated carbocycles. The first-order valence-corrected chi connectivity index (χ1v) is 8.72. The van der Waals surface area contributed by atoms with E-state index in [0.717, 1.165) is 5.56 Å². The van der Waals surface area contributed by atoms with E-state index in [1.165, 1.54) is 28.4 Å². The van der Waals surface area contributed by atoms with Crippen LogP contribution in [0.1, 0.15) is 23.6 Å². The molecule has 1 amide bonds. The van der Waals surface area contributed by atoms with Gasteiger partial charge in [0.2, 0.25) is 11.7 Å². The molecule has 150 valence electrons. The Bertz CT molecular complexity index is 781. The van der Waals surface area contributed by atoms with E-state index in [4.69, 9.17) is 18.9 Å². The summed E-state index contributed by atoms with van der Waals surface area (Å²) >= 11 is 0. The maximum absolute atomic E-state index is 12.6. The Balaban J connectivity index is 2.19. The van der Waals surface area contributed by atoms with Crippen molar-refractivity contribution in [3.8, 4) is 17.2 Å². The number of ether oxygens (including phenoxy) is 4. The summed E-state index contributed by atoms with van der Waals surface area (Å²) in [5.41, 5.74) is 1.52. The molecule has 7 heteroatoms. The minimum absolute atomic E-state index is 0.0432. The van der Waals surface area contributed by atoms with E-state index in [1.54, 1.807) is 12.1 Å². The molecule has 0 aliphatic heterocycles. The maximum atomic E-state index is 12.6. The van der Waals surface area contributed by atoms with Crippen LogP contribution in [-0.2, 0) is 20.7 Å². The molecule has 7 nitrogen and oxygen atoms in total. The summed E-state index contributed by atoms with van der Waals surface area (Å²) in [6.45, 7) is 0. The third-order valence-electron chi connectivity index (χ3n) is 4.22. The molecule has 1 atom stereocenters. The van der Waals surface area contributed by atoms with Crippen molar-refractivity contribution < 1.29 is 28.5 Å². The van der Waals surface area contributed by atoms with Gasteiger partial charge < -0.3 is 24.3 Å². The Labute approximate surface area is 164 Å². The summed E-state index contributed by atoms with van der Waals surface area (Å²) < 4.78 is 20.7. The molecule has 2 aromatic carbocycles. The lowest BCUT2D eigenvalue weighted by molar-refractivity contribution is -0.141. The van der Waals surface area contributed by atoms with Crippen molar-refractivity contribution >= 4 is 11.9 Å². The predicted octanol–water partition coefficient (Wildman–Crippen LogP) is 2.68. The van der Waals surface area contributed by atoms with Crippen LogP contribution in [0.4, 0.5) is 0 Å². The molecule has 2 rings (SSSR count). The number of carbonyl (C=O) groups is 2. The van der Waals surface area contributed by atoms with E-state index in [-0.39, 0.29) is 18.7 Å². The fourth-order valence-electron chi connectivity index (χ4n) is 2.86. The Morgan fingerprint density at radius 2 is 1.54 bits per heavy atom. The average molecular weight is 387 g/mol. The Morgan fingerprint density at radius 3 is 2.04 bits per heavy atom. The molecular formula is C21H25NO6. The van der Waals surface area contributed by atoms with Gasteiger partial charge in [0.25, 0.3) is 0 Å². The molecule has 28 heavy (non-hydrogen) atoms. The van der Waals surface area contributed by atoms with Crippen molar-refractivity contribution in [1.29, 1.82) is 0 Å². The van der Waals surface area contributed by atoms with Gasteiger partial charge in [-0.25, -0.2) is 0 Å². The predicted molar refractivity (Wildman–Crippen MR) is 104 cm³/mol. The second kappa shape index (κ2) is 10.2. The van der Waals surface area contributed by atoms with Gasteiger partial charge in [0.05, 0.1) is 47.3 Å². The Morgan fingerprint density at radius 1 is 0.929 bits per heavy atom. The molecule has 2 aromatic rings. The number of rotatable bonds is 9. The van der Waals surface area contributed by atoms with Crippen molar-refractivity contribution in [2.24, 2.45) is 0 Å². The minimum Gasteiger partial charge on any atom is -0.493 e. The quantitative estimate of drug-likeness (QED) is 0.666. The lowest BCUT2D eigenvalue weighted by Crippen LogP contribution is -2.31. The molecule has 0 radical (unpaired) electrons. The van der Waals surface area contributed by atoms with Crippen LogP contribution in [0.5, 0.6) is 17.2 Å². The van der Waals surface area contributed by atoms with Crippen LogP contribution in [-0.4, -0.2) is 40.3 Å². The van der Waals surface area contributed by atoms with Gasteiger partial charge in [0.1, 0.15) is 0 Å². The summed E-state index contributed by atoms with van der Waals surface area (Å²) in [5.74, 6) is 0.758. The molecule has 0 heterocycles. The van der Waals surface area contributed by atoms with E-state index in [2.05, 4.69) is 5.32 Å². The first-order chi connectivity index (χ1) is 13.5. The molecule has 0 aliphatic carbocycles. The van der Waals surface area contributed by atoms with E-state index in [9.17, 15) is 9.59 Å². The van der Waals surface area contributed by atoms with Crippen LogP contribution >= 0.6 is 0 Å². The molecule has 1 N–H and O–H groups in total. The molecule has 0 aromatic heterocycles. The number of esters is 1. The van der Waals surface area contributed by atoms with E-state index < -0.39 is 12.0 Å². The zero-order valence-electron chi connectivity index (χ0n) is 16.5. The fraction of sp³-hybridized carbons (Fsp3) is 0.333. The number of hydrogen-bond donors (Lipinski definition) is 1. The average Bonchev–Trinajstić information content (AvgIpc) is 2.72. The van der Waals surface area contributed by atoms with Crippen LogP contribution in [0, 0.1) is 0 Å². The smallest absolute Gasteiger partial charge is 0.307 e. The number of amides is 1. The van der Waals surface area contributed by atoms with Gasteiger partial charge in [-0.1, -0.05) is 30.3 Å². The van der Waals surface area contributed by atoms with Crippen LogP contribution in [0.2, 0.25) is 0 Å². The highest BCUT2D eigenvalue weighted by Gasteiger charge is 2.20. The largest absolute Gasteiger partial charge is 0.493 e. The molecule has 0 aliphatic rings. The lowest BCUT2D eigenvalue weighted by Gasteiger charge is -2.19. The van der Waals surface area contributed by atoms with Gasteiger partial charge in [-0.15, -0.1) is 0 Å². The minimum atomic E-state index is -0.483. The number of hydrogen-bond acceptors (Lipinski definition) is 6. The van der Waals surface area contributed by atoms with Crippen molar-refractivity contribution in [2.75, 3.05) is 28.4 Å². The molecular weight excluding hydrogens is 362 g/mol. The summed E-state index contributed by atoms with van der Waals surface area (Å²) in [6, 6.07) is 12.2. The first-order valence-electron chi connectivity index (χ1n) is 8.72. The van der Waals surface area contributed by atoms with Crippen LogP contribution in [0.3, 0.4) is 0 Å². The zero-order valence-corrected chi connectivity index (χ0v) is 16.5. The summed E-state index contributed by atoms with van der Waals surface area (Å²) in [5, 5.41) is 2.90. The number of carbonyl (C=O) groups excluding carboxylic acids is 2. The normalized spacial score (nSPS) is 11.3. The standard InChI is InChI=1S/C21H25NO6/c1-25-17-10-14(11-18(26-2)21(17)28-4)12-19(23)22-16(13-20(24)27-3)15-8-6-5-7-9-15/h5-11,16H,12-13H2,1-4H3,(H,22,23). The first kappa shape index (κ1) is 21.1. The van der Waals surface area contributed by atoms with Gasteiger partial charge in [-0.2, -0.15) is 0 Å². The van der Waals surface area contributed by atoms with Gasteiger partial charge in [-0.05, 0) is 23.3 Å². The zero-order chi connectivity index (χ0) is 20.5. The van der Waals surface area contributed by atoms with E-state index in [1.807, 2.05) is 30.3 Å². The molecule has 0 spiro atoms. The third-order valence-corrected chi connectivity index (χ3v) is 4.22.